The van der Waals surface area contributed by atoms with Gasteiger partial charge in [-0.2, -0.15) is 0 Å². The zero-order chi connectivity index (χ0) is 18.1. The highest BCUT2D eigenvalue weighted by Gasteiger charge is 2.36. The molecule has 26 heavy (non-hydrogen) atoms. The summed E-state index contributed by atoms with van der Waals surface area (Å²) in [6, 6.07) is 5.85. The van der Waals surface area contributed by atoms with Gasteiger partial charge in [-0.3, -0.25) is 4.79 Å². The molecule has 2 rings (SSSR count). The number of hydrogen-bond donors (Lipinski definition) is 2. The van der Waals surface area contributed by atoms with Gasteiger partial charge in [-0.1, -0.05) is 12.5 Å². The van der Waals surface area contributed by atoms with E-state index in [9.17, 15) is 4.79 Å². The minimum atomic E-state index is -0.414. The normalized spacial score (nSPS) is 15.7. The van der Waals surface area contributed by atoms with E-state index in [0.29, 0.717) is 37.7 Å². The predicted molar refractivity (Wildman–Crippen MR) is 104 cm³/mol. The van der Waals surface area contributed by atoms with Crippen LogP contribution < -0.4 is 20.5 Å². The maximum Gasteiger partial charge on any atom is 0.220 e. The topological polar surface area (TPSA) is 82.8 Å². The quantitative estimate of drug-likeness (QED) is 0.637. The van der Waals surface area contributed by atoms with Crippen LogP contribution in [-0.4, -0.2) is 39.9 Å². The van der Waals surface area contributed by atoms with Crippen molar-refractivity contribution in [2.24, 2.45) is 5.73 Å². The minimum absolute atomic E-state index is 0. The van der Waals surface area contributed by atoms with Crippen molar-refractivity contribution in [3.05, 3.63) is 23.8 Å². The number of unbranched alkanes of at least 4 members (excludes halogenated alkanes) is 2. The molecule has 1 fully saturated rings. The Hall–Kier alpha value is -1.50. The molecule has 1 aromatic carbocycles. The SMILES string of the molecule is COc1ccc(C2(NC(=O)CCCCCN)CCOCC2)cc1OC.Cl. The van der Waals surface area contributed by atoms with Gasteiger partial charge in [-0.15, -0.1) is 12.4 Å². The third-order valence-electron chi connectivity index (χ3n) is 4.77. The van der Waals surface area contributed by atoms with E-state index in [0.717, 1.165) is 37.7 Å². The zero-order valence-electron chi connectivity index (χ0n) is 15.7. The van der Waals surface area contributed by atoms with Crippen LogP contribution in [0, 0.1) is 0 Å². The van der Waals surface area contributed by atoms with Crippen LogP contribution in [0.1, 0.15) is 44.1 Å². The maximum atomic E-state index is 12.5. The van der Waals surface area contributed by atoms with E-state index < -0.39 is 5.54 Å². The van der Waals surface area contributed by atoms with Crippen molar-refractivity contribution in [3.63, 3.8) is 0 Å². The first-order valence-electron chi connectivity index (χ1n) is 8.96. The molecule has 1 aliphatic rings. The molecule has 1 heterocycles. The number of carbonyl (C=O) groups excluding carboxylic acids is 1. The van der Waals surface area contributed by atoms with Crippen molar-refractivity contribution in [2.75, 3.05) is 34.0 Å². The average Bonchev–Trinajstić information content (AvgIpc) is 2.65. The summed E-state index contributed by atoms with van der Waals surface area (Å²) in [5, 5.41) is 3.27. The summed E-state index contributed by atoms with van der Waals surface area (Å²) >= 11 is 0. The Labute approximate surface area is 162 Å². The highest BCUT2D eigenvalue weighted by molar-refractivity contribution is 5.85. The molecule has 1 saturated heterocycles. The van der Waals surface area contributed by atoms with E-state index in [4.69, 9.17) is 19.9 Å². The Kier molecular flexibility index (Phi) is 9.76. The van der Waals surface area contributed by atoms with Crippen LogP contribution in [0.5, 0.6) is 11.5 Å². The monoisotopic (exact) mass is 386 g/mol. The van der Waals surface area contributed by atoms with Crippen LogP contribution in [0.4, 0.5) is 0 Å². The Bertz CT molecular complexity index is 562. The number of rotatable bonds is 9. The molecule has 0 spiro atoms. The molecular formula is C19H31ClN2O4. The van der Waals surface area contributed by atoms with E-state index in [1.54, 1.807) is 14.2 Å². The second-order valence-electron chi connectivity index (χ2n) is 6.41. The Balaban J connectivity index is 0.00000338. The number of benzene rings is 1. The van der Waals surface area contributed by atoms with Crippen molar-refractivity contribution in [1.29, 1.82) is 0 Å². The molecule has 7 heteroatoms. The minimum Gasteiger partial charge on any atom is -0.493 e. The van der Waals surface area contributed by atoms with E-state index in [1.807, 2.05) is 18.2 Å². The van der Waals surface area contributed by atoms with E-state index >= 15 is 0 Å². The van der Waals surface area contributed by atoms with Crippen molar-refractivity contribution < 1.29 is 19.0 Å². The van der Waals surface area contributed by atoms with Gasteiger partial charge in [0.2, 0.25) is 5.91 Å². The lowest BCUT2D eigenvalue weighted by Gasteiger charge is -2.39. The molecule has 0 unspecified atom stereocenters. The third-order valence-corrected chi connectivity index (χ3v) is 4.77. The molecule has 1 aliphatic heterocycles. The molecular weight excluding hydrogens is 356 g/mol. The van der Waals surface area contributed by atoms with Gasteiger partial charge >= 0.3 is 0 Å². The molecule has 0 bridgehead atoms. The molecule has 0 radical (unpaired) electrons. The van der Waals surface area contributed by atoms with E-state index in [-0.39, 0.29) is 18.3 Å². The Morgan fingerprint density at radius 3 is 2.46 bits per heavy atom. The third kappa shape index (κ3) is 5.76. The van der Waals surface area contributed by atoms with Gasteiger partial charge in [0.05, 0.1) is 19.8 Å². The zero-order valence-corrected chi connectivity index (χ0v) is 16.5. The van der Waals surface area contributed by atoms with Crippen LogP contribution in [0.3, 0.4) is 0 Å². The highest BCUT2D eigenvalue weighted by Crippen LogP contribution is 2.37. The first kappa shape index (κ1) is 22.5. The fraction of sp³-hybridized carbons (Fsp3) is 0.632. The van der Waals surface area contributed by atoms with Gasteiger partial charge < -0.3 is 25.3 Å². The largest absolute Gasteiger partial charge is 0.493 e. The van der Waals surface area contributed by atoms with Gasteiger partial charge in [0.25, 0.3) is 0 Å². The van der Waals surface area contributed by atoms with E-state index in [1.165, 1.54) is 0 Å². The Morgan fingerprint density at radius 1 is 1.15 bits per heavy atom. The lowest BCUT2D eigenvalue weighted by molar-refractivity contribution is -0.124. The number of hydrogen-bond acceptors (Lipinski definition) is 5. The first-order chi connectivity index (χ1) is 12.1. The van der Waals surface area contributed by atoms with Crippen LogP contribution in [0.2, 0.25) is 0 Å². The number of nitrogens with one attached hydrogen (secondary N) is 1. The lowest BCUT2D eigenvalue weighted by atomic mass is 9.82. The van der Waals surface area contributed by atoms with Crippen LogP contribution in [0.25, 0.3) is 0 Å². The van der Waals surface area contributed by atoms with Crippen LogP contribution >= 0.6 is 12.4 Å². The highest BCUT2D eigenvalue weighted by atomic mass is 35.5. The maximum absolute atomic E-state index is 12.5. The average molecular weight is 387 g/mol. The summed E-state index contributed by atoms with van der Waals surface area (Å²) in [5.41, 5.74) is 6.12. The molecule has 0 saturated carbocycles. The van der Waals surface area contributed by atoms with Gasteiger partial charge in [-0.05, 0) is 49.9 Å². The van der Waals surface area contributed by atoms with E-state index in [2.05, 4.69) is 5.32 Å². The molecule has 3 N–H and O–H groups in total. The molecule has 0 atom stereocenters. The van der Waals surface area contributed by atoms with Crippen LogP contribution in [-0.2, 0) is 15.1 Å². The van der Waals surface area contributed by atoms with Gasteiger partial charge in [-0.25, -0.2) is 0 Å². The van der Waals surface area contributed by atoms with Gasteiger partial charge in [0.1, 0.15) is 0 Å². The second-order valence-corrected chi connectivity index (χ2v) is 6.41. The fourth-order valence-electron chi connectivity index (χ4n) is 3.28. The molecule has 6 nitrogen and oxygen atoms in total. The number of carbonyl (C=O) groups is 1. The van der Waals surface area contributed by atoms with Crippen LogP contribution in [0.15, 0.2) is 18.2 Å². The van der Waals surface area contributed by atoms with Crippen molar-refractivity contribution in [1.82, 2.24) is 5.32 Å². The number of methoxy groups -OCH3 is 2. The van der Waals surface area contributed by atoms with Gasteiger partial charge in [0.15, 0.2) is 11.5 Å². The summed E-state index contributed by atoms with van der Waals surface area (Å²) < 4.78 is 16.3. The molecule has 0 aromatic heterocycles. The fourth-order valence-corrected chi connectivity index (χ4v) is 3.28. The number of ether oxygens (including phenoxy) is 3. The number of halogens is 1. The first-order valence-corrected chi connectivity index (χ1v) is 8.96. The second kappa shape index (κ2) is 11.3. The number of nitrogens with two attached hydrogens (primary N) is 1. The lowest BCUT2D eigenvalue weighted by Crippen LogP contribution is -2.49. The molecule has 148 valence electrons. The standard InChI is InChI=1S/C19H30N2O4.ClH/c1-23-16-8-7-15(14-17(16)24-2)19(9-12-25-13-10-19)21-18(22)6-4-3-5-11-20;/h7-8,14H,3-6,9-13,20H2,1-2H3,(H,21,22);1H. The van der Waals surface area contributed by atoms with Crippen molar-refractivity contribution >= 4 is 18.3 Å². The molecule has 0 aliphatic carbocycles. The Morgan fingerprint density at radius 2 is 1.85 bits per heavy atom. The predicted octanol–water partition coefficient (Wildman–Crippen LogP) is 2.77. The molecule has 1 aromatic rings. The van der Waals surface area contributed by atoms with Crippen molar-refractivity contribution in [2.45, 2.75) is 44.1 Å². The van der Waals surface area contributed by atoms with Crippen molar-refractivity contribution in [3.8, 4) is 11.5 Å². The smallest absolute Gasteiger partial charge is 0.220 e. The summed E-state index contributed by atoms with van der Waals surface area (Å²) in [6.07, 6.45) is 4.82. The number of amides is 1. The summed E-state index contributed by atoms with van der Waals surface area (Å²) in [7, 11) is 3.24. The van der Waals surface area contributed by atoms with Gasteiger partial charge in [0, 0.05) is 19.6 Å². The molecule has 1 amide bonds. The summed E-state index contributed by atoms with van der Waals surface area (Å²) in [4.78, 5) is 12.5. The summed E-state index contributed by atoms with van der Waals surface area (Å²) in [5.74, 6) is 1.43. The summed E-state index contributed by atoms with van der Waals surface area (Å²) in [6.45, 7) is 1.93.